The van der Waals surface area contributed by atoms with Gasteiger partial charge in [-0.2, -0.15) is 0 Å². The van der Waals surface area contributed by atoms with Crippen LogP contribution in [0.25, 0.3) is 0 Å². The number of hydrogen-bond acceptors (Lipinski definition) is 1. The van der Waals surface area contributed by atoms with E-state index >= 15 is 0 Å². The minimum absolute atomic E-state index is 0.0554. The summed E-state index contributed by atoms with van der Waals surface area (Å²) in [6.45, 7) is 4.59. The van der Waals surface area contributed by atoms with Crippen LogP contribution in [-0.2, 0) is 6.54 Å². The molecule has 0 heterocycles. The van der Waals surface area contributed by atoms with Gasteiger partial charge in [-0.05, 0) is 68.1 Å². The molecule has 2 heteroatoms. The highest BCUT2D eigenvalue weighted by molar-refractivity contribution is 5.30. The Balaban J connectivity index is 1.56. The molecule has 1 nitrogen and oxygen atoms in total. The molecule has 0 amide bonds. The van der Waals surface area contributed by atoms with Crippen LogP contribution in [0.1, 0.15) is 55.2 Å². The second-order valence-electron chi connectivity index (χ2n) is 6.89. The molecule has 3 rings (SSSR count). The van der Waals surface area contributed by atoms with Crippen LogP contribution in [0.3, 0.4) is 0 Å². The largest absolute Gasteiger partial charge is 0.310 e. The van der Waals surface area contributed by atoms with Crippen molar-refractivity contribution in [3.8, 4) is 0 Å². The lowest BCUT2D eigenvalue weighted by Gasteiger charge is -2.30. The van der Waals surface area contributed by atoms with Crippen LogP contribution < -0.4 is 5.32 Å². The number of nitrogens with one attached hydrogen (secondary N) is 1. The Hall–Kier alpha value is -0.890. The van der Waals surface area contributed by atoms with Gasteiger partial charge in [0, 0.05) is 12.6 Å². The van der Waals surface area contributed by atoms with Gasteiger partial charge in [-0.3, -0.25) is 0 Å². The lowest BCUT2D eigenvalue weighted by molar-refractivity contribution is 0.260. The Labute approximate surface area is 122 Å². The number of hydrogen-bond donors (Lipinski definition) is 1. The van der Waals surface area contributed by atoms with Crippen molar-refractivity contribution in [2.45, 2.75) is 65.0 Å². The molecular formula is C18H26FN. The number of rotatable bonds is 4. The van der Waals surface area contributed by atoms with Crippen molar-refractivity contribution in [2.24, 2.45) is 11.8 Å². The van der Waals surface area contributed by atoms with Gasteiger partial charge in [0.15, 0.2) is 0 Å². The third kappa shape index (κ3) is 3.22. The second kappa shape index (κ2) is 5.85. The lowest BCUT2D eigenvalue weighted by atomic mass is 9.82. The zero-order chi connectivity index (χ0) is 14.1. The van der Waals surface area contributed by atoms with Crippen LogP contribution in [-0.4, -0.2) is 6.04 Å². The van der Waals surface area contributed by atoms with Crippen LogP contribution >= 0.6 is 0 Å². The predicted octanol–water partition coefficient (Wildman–Crippen LogP) is 4.50. The first-order valence-corrected chi connectivity index (χ1v) is 8.12. The standard InChI is InChI=1S/C18H26FN/c1-12-8-14(9-13(2)18(12)19)11-20-17-5-3-4-16(10-17)15-6-7-15/h8-9,15-17,20H,3-7,10-11H2,1-2H3. The van der Waals surface area contributed by atoms with Crippen molar-refractivity contribution in [3.05, 3.63) is 34.6 Å². The van der Waals surface area contributed by atoms with Gasteiger partial charge in [0.05, 0.1) is 0 Å². The summed E-state index contributed by atoms with van der Waals surface area (Å²) in [5.74, 6) is 1.95. The molecule has 1 N–H and O–H groups in total. The van der Waals surface area contributed by atoms with Gasteiger partial charge < -0.3 is 5.32 Å². The van der Waals surface area contributed by atoms with Crippen molar-refractivity contribution in [3.63, 3.8) is 0 Å². The zero-order valence-electron chi connectivity index (χ0n) is 12.7. The first-order valence-electron chi connectivity index (χ1n) is 8.12. The molecule has 0 aromatic heterocycles. The quantitative estimate of drug-likeness (QED) is 0.853. The van der Waals surface area contributed by atoms with E-state index < -0.39 is 0 Å². The van der Waals surface area contributed by atoms with Gasteiger partial charge >= 0.3 is 0 Å². The topological polar surface area (TPSA) is 12.0 Å². The Kier molecular flexibility index (Phi) is 4.11. The van der Waals surface area contributed by atoms with Crippen molar-refractivity contribution in [1.29, 1.82) is 0 Å². The summed E-state index contributed by atoms with van der Waals surface area (Å²) >= 11 is 0. The molecule has 2 fully saturated rings. The number of halogens is 1. The molecule has 0 radical (unpaired) electrons. The van der Waals surface area contributed by atoms with E-state index in [-0.39, 0.29) is 5.82 Å². The van der Waals surface area contributed by atoms with Crippen LogP contribution in [0, 0.1) is 31.5 Å². The third-order valence-electron chi connectivity index (χ3n) is 5.09. The summed E-state index contributed by atoms with van der Waals surface area (Å²) in [6, 6.07) is 4.63. The Morgan fingerprint density at radius 1 is 1.05 bits per heavy atom. The van der Waals surface area contributed by atoms with Gasteiger partial charge in [0.2, 0.25) is 0 Å². The second-order valence-corrected chi connectivity index (χ2v) is 6.89. The summed E-state index contributed by atoms with van der Waals surface area (Å²) in [4.78, 5) is 0. The minimum Gasteiger partial charge on any atom is -0.310 e. The lowest BCUT2D eigenvalue weighted by Crippen LogP contribution is -2.34. The molecule has 0 spiro atoms. The smallest absolute Gasteiger partial charge is 0.129 e. The van der Waals surface area contributed by atoms with E-state index in [1.807, 2.05) is 26.0 Å². The van der Waals surface area contributed by atoms with Crippen molar-refractivity contribution >= 4 is 0 Å². The summed E-state index contributed by atoms with van der Waals surface area (Å²) in [5, 5.41) is 3.70. The number of benzene rings is 1. The van der Waals surface area contributed by atoms with E-state index in [0.717, 1.165) is 29.5 Å². The Morgan fingerprint density at radius 3 is 2.40 bits per heavy atom. The fourth-order valence-corrected chi connectivity index (χ4v) is 3.81. The molecule has 2 unspecified atom stereocenters. The van der Waals surface area contributed by atoms with Crippen LogP contribution in [0.2, 0.25) is 0 Å². The van der Waals surface area contributed by atoms with Crippen LogP contribution in [0.4, 0.5) is 4.39 Å². The van der Waals surface area contributed by atoms with Crippen molar-refractivity contribution in [1.82, 2.24) is 5.32 Å². The van der Waals surface area contributed by atoms with E-state index in [1.165, 1.54) is 44.1 Å². The molecule has 0 saturated heterocycles. The van der Waals surface area contributed by atoms with E-state index in [2.05, 4.69) is 5.32 Å². The predicted molar refractivity (Wildman–Crippen MR) is 81.2 cm³/mol. The van der Waals surface area contributed by atoms with Gasteiger partial charge in [0.25, 0.3) is 0 Å². The van der Waals surface area contributed by atoms with Gasteiger partial charge in [-0.25, -0.2) is 4.39 Å². The van der Waals surface area contributed by atoms with E-state index in [4.69, 9.17) is 0 Å². The SMILES string of the molecule is Cc1cc(CNC2CCCC(C3CC3)C2)cc(C)c1F. The van der Waals surface area contributed by atoms with E-state index in [0.29, 0.717) is 6.04 Å². The average Bonchev–Trinajstić information content (AvgIpc) is 3.27. The first kappa shape index (κ1) is 14.1. The zero-order valence-corrected chi connectivity index (χ0v) is 12.7. The fourth-order valence-electron chi connectivity index (χ4n) is 3.81. The molecular weight excluding hydrogens is 249 g/mol. The van der Waals surface area contributed by atoms with Gasteiger partial charge in [-0.1, -0.05) is 25.0 Å². The third-order valence-corrected chi connectivity index (χ3v) is 5.09. The number of aryl methyl sites for hydroxylation is 2. The van der Waals surface area contributed by atoms with Crippen molar-refractivity contribution in [2.75, 3.05) is 0 Å². The molecule has 2 saturated carbocycles. The molecule has 2 atom stereocenters. The van der Waals surface area contributed by atoms with E-state index in [9.17, 15) is 4.39 Å². The normalized spacial score (nSPS) is 26.8. The Bertz CT molecular complexity index is 455. The highest BCUT2D eigenvalue weighted by atomic mass is 19.1. The Morgan fingerprint density at radius 2 is 1.75 bits per heavy atom. The monoisotopic (exact) mass is 275 g/mol. The van der Waals surface area contributed by atoms with Crippen LogP contribution in [0.5, 0.6) is 0 Å². The molecule has 0 aliphatic heterocycles. The summed E-state index contributed by atoms with van der Waals surface area (Å²) in [5.41, 5.74) is 2.75. The van der Waals surface area contributed by atoms with Crippen LogP contribution in [0.15, 0.2) is 12.1 Å². The molecule has 1 aromatic rings. The minimum atomic E-state index is -0.0554. The maximum absolute atomic E-state index is 13.6. The van der Waals surface area contributed by atoms with E-state index in [1.54, 1.807) is 0 Å². The summed E-state index contributed by atoms with van der Waals surface area (Å²) < 4.78 is 13.6. The van der Waals surface area contributed by atoms with Gasteiger partial charge in [0.1, 0.15) is 5.82 Å². The molecule has 1 aromatic carbocycles. The molecule has 20 heavy (non-hydrogen) atoms. The molecule has 110 valence electrons. The highest BCUT2D eigenvalue weighted by Crippen LogP contribution is 2.43. The first-order chi connectivity index (χ1) is 9.63. The average molecular weight is 275 g/mol. The van der Waals surface area contributed by atoms with Crippen molar-refractivity contribution < 1.29 is 4.39 Å². The molecule has 2 aliphatic carbocycles. The highest BCUT2D eigenvalue weighted by Gasteiger charge is 2.34. The maximum atomic E-state index is 13.6. The molecule has 0 bridgehead atoms. The summed E-state index contributed by atoms with van der Waals surface area (Å²) in [7, 11) is 0. The molecule has 2 aliphatic rings. The summed E-state index contributed by atoms with van der Waals surface area (Å²) in [6.07, 6.45) is 8.41. The maximum Gasteiger partial charge on any atom is 0.129 e. The fraction of sp³-hybridized carbons (Fsp3) is 0.667. The van der Waals surface area contributed by atoms with Gasteiger partial charge in [-0.15, -0.1) is 0 Å².